The van der Waals surface area contributed by atoms with Crippen molar-refractivity contribution in [1.29, 1.82) is 0 Å². The predicted molar refractivity (Wildman–Crippen MR) is 66.1 cm³/mol. The summed E-state index contributed by atoms with van der Waals surface area (Å²) < 4.78 is 5.42. The molecule has 16 heavy (non-hydrogen) atoms. The molecule has 0 saturated carbocycles. The van der Waals surface area contributed by atoms with Gasteiger partial charge in [0, 0.05) is 18.6 Å². The van der Waals surface area contributed by atoms with Crippen LogP contribution >= 0.6 is 23.2 Å². The molecule has 0 N–H and O–H groups in total. The van der Waals surface area contributed by atoms with Gasteiger partial charge in [-0.25, -0.2) is 0 Å². The summed E-state index contributed by atoms with van der Waals surface area (Å²) in [5.74, 6) is 0.00557. The molecule has 0 amide bonds. The van der Waals surface area contributed by atoms with Crippen molar-refractivity contribution in [3.63, 3.8) is 0 Å². The molecule has 0 saturated heterocycles. The molecule has 1 aromatic rings. The van der Waals surface area contributed by atoms with Crippen LogP contribution in [0.3, 0.4) is 0 Å². The molecule has 0 aliphatic rings. The molecule has 0 fully saturated rings. The molecule has 0 bridgehead atoms. The SMILES string of the molecule is CCOC(C(=O)CC)c1cccc(Cl)c1Cl. The highest BCUT2D eigenvalue weighted by Crippen LogP contribution is 2.32. The zero-order chi connectivity index (χ0) is 12.1. The Bertz CT molecular complexity index is 377. The summed E-state index contributed by atoms with van der Waals surface area (Å²) in [7, 11) is 0. The number of carbonyl (C=O) groups is 1. The van der Waals surface area contributed by atoms with Crippen LogP contribution in [0.5, 0.6) is 0 Å². The maximum atomic E-state index is 11.7. The fourth-order valence-corrected chi connectivity index (χ4v) is 1.84. The molecule has 1 rings (SSSR count). The van der Waals surface area contributed by atoms with Crippen molar-refractivity contribution in [2.45, 2.75) is 26.4 Å². The van der Waals surface area contributed by atoms with E-state index in [-0.39, 0.29) is 5.78 Å². The van der Waals surface area contributed by atoms with E-state index in [1.54, 1.807) is 25.1 Å². The van der Waals surface area contributed by atoms with Gasteiger partial charge < -0.3 is 4.74 Å². The Morgan fingerprint density at radius 3 is 2.62 bits per heavy atom. The Labute approximate surface area is 106 Å². The highest BCUT2D eigenvalue weighted by atomic mass is 35.5. The molecule has 0 radical (unpaired) electrons. The third-order valence-corrected chi connectivity index (χ3v) is 3.07. The molecule has 0 aromatic heterocycles. The maximum Gasteiger partial charge on any atom is 0.165 e. The number of ether oxygens (including phenoxy) is 1. The first kappa shape index (κ1) is 13.5. The summed E-state index contributed by atoms with van der Waals surface area (Å²) in [6.45, 7) is 4.10. The monoisotopic (exact) mass is 260 g/mol. The third-order valence-electron chi connectivity index (χ3n) is 2.24. The normalized spacial score (nSPS) is 12.5. The van der Waals surface area contributed by atoms with E-state index in [1.807, 2.05) is 6.92 Å². The van der Waals surface area contributed by atoms with Crippen molar-refractivity contribution in [3.05, 3.63) is 33.8 Å². The van der Waals surface area contributed by atoms with E-state index in [0.717, 1.165) is 0 Å². The van der Waals surface area contributed by atoms with E-state index in [4.69, 9.17) is 27.9 Å². The summed E-state index contributed by atoms with van der Waals surface area (Å²) >= 11 is 12.0. The number of halogens is 2. The van der Waals surface area contributed by atoms with Gasteiger partial charge in [0.25, 0.3) is 0 Å². The van der Waals surface area contributed by atoms with Gasteiger partial charge in [0.2, 0.25) is 0 Å². The van der Waals surface area contributed by atoms with E-state index in [0.29, 0.717) is 28.6 Å². The summed E-state index contributed by atoms with van der Waals surface area (Å²) in [4.78, 5) is 11.7. The lowest BCUT2D eigenvalue weighted by Gasteiger charge is -2.17. The van der Waals surface area contributed by atoms with Gasteiger partial charge in [0.15, 0.2) is 5.78 Å². The molecule has 0 aliphatic carbocycles. The van der Waals surface area contributed by atoms with Crippen molar-refractivity contribution < 1.29 is 9.53 Å². The van der Waals surface area contributed by atoms with Crippen molar-refractivity contribution in [3.8, 4) is 0 Å². The maximum absolute atomic E-state index is 11.7. The molecular formula is C12H14Cl2O2. The quantitative estimate of drug-likeness (QED) is 0.799. The van der Waals surface area contributed by atoms with E-state index >= 15 is 0 Å². The molecule has 0 spiro atoms. The Balaban J connectivity index is 3.10. The lowest BCUT2D eigenvalue weighted by Crippen LogP contribution is -2.15. The highest BCUT2D eigenvalue weighted by molar-refractivity contribution is 6.42. The minimum Gasteiger partial charge on any atom is -0.366 e. The fourth-order valence-electron chi connectivity index (χ4n) is 1.43. The number of carbonyl (C=O) groups excluding carboxylic acids is 1. The number of hydrogen-bond donors (Lipinski definition) is 0. The average Bonchev–Trinajstić information content (AvgIpc) is 2.29. The molecule has 88 valence electrons. The predicted octanol–water partition coefficient (Wildman–Crippen LogP) is 4.05. The van der Waals surface area contributed by atoms with Crippen LogP contribution in [-0.4, -0.2) is 12.4 Å². The molecule has 4 heteroatoms. The number of rotatable bonds is 5. The first-order valence-electron chi connectivity index (χ1n) is 5.20. The van der Waals surface area contributed by atoms with Crippen LogP contribution in [-0.2, 0) is 9.53 Å². The number of ketones is 1. The largest absolute Gasteiger partial charge is 0.366 e. The summed E-state index contributed by atoms with van der Waals surface area (Å²) in [6.07, 6.45) is -0.200. The van der Waals surface area contributed by atoms with Crippen LogP contribution in [0, 0.1) is 0 Å². The van der Waals surface area contributed by atoms with Gasteiger partial charge >= 0.3 is 0 Å². The van der Waals surface area contributed by atoms with Crippen LogP contribution in [0.4, 0.5) is 0 Å². The Kier molecular flexibility index (Phi) is 5.26. The second-order valence-electron chi connectivity index (χ2n) is 3.30. The fraction of sp³-hybridized carbons (Fsp3) is 0.417. The molecule has 2 nitrogen and oxygen atoms in total. The molecule has 0 heterocycles. The van der Waals surface area contributed by atoms with Crippen LogP contribution in [0.25, 0.3) is 0 Å². The van der Waals surface area contributed by atoms with Gasteiger partial charge in [-0.05, 0) is 13.0 Å². The minimum absolute atomic E-state index is 0.00557. The Morgan fingerprint density at radius 1 is 1.38 bits per heavy atom. The lowest BCUT2D eigenvalue weighted by atomic mass is 10.0. The zero-order valence-corrected chi connectivity index (χ0v) is 10.8. The van der Waals surface area contributed by atoms with Crippen molar-refractivity contribution in [2.24, 2.45) is 0 Å². The van der Waals surface area contributed by atoms with Gasteiger partial charge in [-0.2, -0.15) is 0 Å². The van der Waals surface area contributed by atoms with E-state index < -0.39 is 6.10 Å². The molecule has 1 unspecified atom stereocenters. The smallest absolute Gasteiger partial charge is 0.165 e. The number of benzene rings is 1. The zero-order valence-electron chi connectivity index (χ0n) is 9.30. The van der Waals surface area contributed by atoms with E-state index in [2.05, 4.69) is 0 Å². The standard InChI is InChI=1S/C12H14Cl2O2/c1-3-10(15)12(16-4-2)8-6-5-7-9(13)11(8)14/h5-7,12H,3-4H2,1-2H3. The summed E-state index contributed by atoms with van der Waals surface area (Å²) in [6, 6.07) is 5.22. The first-order chi connectivity index (χ1) is 7.61. The van der Waals surface area contributed by atoms with Gasteiger partial charge in [-0.3, -0.25) is 4.79 Å². The van der Waals surface area contributed by atoms with Crippen molar-refractivity contribution in [2.75, 3.05) is 6.61 Å². The van der Waals surface area contributed by atoms with E-state index in [9.17, 15) is 4.79 Å². The number of Topliss-reactive ketones (excluding diaryl/α,β-unsaturated/α-hetero) is 1. The highest BCUT2D eigenvalue weighted by Gasteiger charge is 2.22. The first-order valence-corrected chi connectivity index (χ1v) is 5.95. The Hall–Kier alpha value is -0.570. The van der Waals surface area contributed by atoms with Crippen molar-refractivity contribution in [1.82, 2.24) is 0 Å². The second-order valence-corrected chi connectivity index (χ2v) is 4.08. The summed E-state index contributed by atoms with van der Waals surface area (Å²) in [5.41, 5.74) is 0.642. The van der Waals surface area contributed by atoms with Crippen LogP contribution < -0.4 is 0 Å². The van der Waals surface area contributed by atoms with Gasteiger partial charge in [0.1, 0.15) is 6.10 Å². The van der Waals surface area contributed by atoms with Crippen LogP contribution in [0.15, 0.2) is 18.2 Å². The minimum atomic E-state index is -0.610. The average molecular weight is 261 g/mol. The molecule has 1 atom stereocenters. The van der Waals surface area contributed by atoms with Gasteiger partial charge in [0.05, 0.1) is 10.0 Å². The van der Waals surface area contributed by atoms with Gasteiger partial charge in [-0.15, -0.1) is 0 Å². The number of hydrogen-bond acceptors (Lipinski definition) is 2. The summed E-state index contributed by atoms with van der Waals surface area (Å²) in [5, 5.41) is 0.831. The molecular weight excluding hydrogens is 247 g/mol. The third kappa shape index (κ3) is 2.97. The molecule has 1 aromatic carbocycles. The van der Waals surface area contributed by atoms with Crippen LogP contribution in [0.2, 0.25) is 10.0 Å². The van der Waals surface area contributed by atoms with E-state index in [1.165, 1.54) is 0 Å². The lowest BCUT2D eigenvalue weighted by molar-refractivity contribution is -0.130. The Morgan fingerprint density at radius 2 is 2.06 bits per heavy atom. The topological polar surface area (TPSA) is 26.3 Å². The second kappa shape index (κ2) is 6.24. The van der Waals surface area contributed by atoms with Crippen LogP contribution in [0.1, 0.15) is 31.9 Å². The van der Waals surface area contributed by atoms with Gasteiger partial charge in [-0.1, -0.05) is 42.3 Å². The molecule has 0 aliphatic heterocycles. The van der Waals surface area contributed by atoms with Crippen molar-refractivity contribution >= 4 is 29.0 Å².